The van der Waals surface area contributed by atoms with Crippen molar-refractivity contribution in [2.45, 2.75) is 26.3 Å². The minimum Gasteiger partial charge on any atom is -0.496 e. The van der Waals surface area contributed by atoms with Crippen LogP contribution < -0.4 is 9.47 Å². The maximum atomic E-state index is 5.48. The van der Waals surface area contributed by atoms with Crippen molar-refractivity contribution in [2.24, 2.45) is 5.92 Å². The molecule has 2 rings (SSSR count). The summed E-state index contributed by atoms with van der Waals surface area (Å²) in [4.78, 5) is 2.50. The molecule has 0 amide bonds. The number of ether oxygens (including phenoxy) is 2. The van der Waals surface area contributed by atoms with Gasteiger partial charge in [0.15, 0.2) is 0 Å². The zero-order valence-electron chi connectivity index (χ0n) is 11.9. The number of methoxy groups -OCH3 is 2. The highest BCUT2D eigenvalue weighted by molar-refractivity contribution is 9.10. The number of hydrogen-bond acceptors (Lipinski definition) is 3. The van der Waals surface area contributed by atoms with Crippen molar-refractivity contribution in [1.29, 1.82) is 0 Å². The number of halogens is 1. The summed E-state index contributed by atoms with van der Waals surface area (Å²) in [6.07, 6.45) is 2.64. The van der Waals surface area contributed by atoms with E-state index in [4.69, 9.17) is 9.47 Å². The van der Waals surface area contributed by atoms with Crippen molar-refractivity contribution in [3.05, 3.63) is 22.2 Å². The van der Waals surface area contributed by atoms with E-state index in [0.29, 0.717) is 0 Å². The van der Waals surface area contributed by atoms with E-state index < -0.39 is 0 Å². The van der Waals surface area contributed by atoms with Crippen LogP contribution >= 0.6 is 15.9 Å². The van der Waals surface area contributed by atoms with E-state index in [1.807, 2.05) is 6.07 Å². The number of hydrogen-bond donors (Lipinski definition) is 0. The van der Waals surface area contributed by atoms with Crippen LogP contribution in [0.1, 0.15) is 25.3 Å². The smallest absolute Gasteiger partial charge is 0.136 e. The van der Waals surface area contributed by atoms with E-state index in [0.717, 1.165) is 28.4 Å². The maximum absolute atomic E-state index is 5.48. The molecule has 0 N–H and O–H groups in total. The van der Waals surface area contributed by atoms with E-state index in [1.54, 1.807) is 14.2 Å². The molecule has 1 heterocycles. The fourth-order valence-corrected chi connectivity index (χ4v) is 3.27. The van der Waals surface area contributed by atoms with Crippen LogP contribution in [0.5, 0.6) is 11.5 Å². The van der Waals surface area contributed by atoms with Crippen molar-refractivity contribution in [3.63, 3.8) is 0 Å². The summed E-state index contributed by atoms with van der Waals surface area (Å²) in [5.41, 5.74) is 1.21. The second-order valence-corrected chi connectivity index (χ2v) is 6.14. The number of nitrogens with zero attached hydrogens (tertiary/aromatic N) is 1. The number of likely N-dealkylation sites (tertiary alicyclic amines) is 1. The maximum Gasteiger partial charge on any atom is 0.136 e. The van der Waals surface area contributed by atoms with Gasteiger partial charge < -0.3 is 9.47 Å². The first-order valence-electron chi connectivity index (χ1n) is 6.76. The van der Waals surface area contributed by atoms with E-state index in [-0.39, 0.29) is 0 Å². The molecule has 0 aliphatic carbocycles. The van der Waals surface area contributed by atoms with Crippen LogP contribution in [-0.4, -0.2) is 32.2 Å². The quantitative estimate of drug-likeness (QED) is 0.841. The first kappa shape index (κ1) is 14.7. The molecule has 4 heteroatoms. The summed E-state index contributed by atoms with van der Waals surface area (Å²) >= 11 is 3.55. The first-order valence-corrected chi connectivity index (χ1v) is 7.56. The predicted octanol–water partition coefficient (Wildman–Crippen LogP) is 3.70. The monoisotopic (exact) mass is 327 g/mol. The molecule has 1 saturated heterocycles. The Balaban J connectivity index is 2.16. The van der Waals surface area contributed by atoms with Gasteiger partial charge in [-0.1, -0.05) is 6.92 Å². The molecule has 0 unspecified atom stereocenters. The van der Waals surface area contributed by atoms with Gasteiger partial charge >= 0.3 is 0 Å². The Hall–Kier alpha value is -0.740. The third kappa shape index (κ3) is 3.63. The van der Waals surface area contributed by atoms with Gasteiger partial charge in [0.25, 0.3) is 0 Å². The second-order valence-electron chi connectivity index (χ2n) is 5.28. The fraction of sp³-hybridized carbons (Fsp3) is 0.600. The molecule has 1 aliphatic heterocycles. The molecule has 0 radical (unpaired) electrons. The van der Waals surface area contributed by atoms with Gasteiger partial charge in [-0.05, 0) is 47.3 Å². The van der Waals surface area contributed by atoms with E-state index in [2.05, 4.69) is 33.8 Å². The van der Waals surface area contributed by atoms with Crippen molar-refractivity contribution in [3.8, 4) is 11.5 Å². The average molecular weight is 328 g/mol. The highest BCUT2D eigenvalue weighted by atomic mass is 79.9. The molecular weight excluding hydrogens is 306 g/mol. The van der Waals surface area contributed by atoms with Crippen LogP contribution in [0.4, 0.5) is 0 Å². The summed E-state index contributed by atoms with van der Waals surface area (Å²) in [7, 11) is 3.39. The van der Waals surface area contributed by atoms with Crippen LogP contribution in [0.3, 0.4) is 0 Å². The lowest BCUT2D eigenvalue weighted by atomic mass is 9.99. The van der Waals surface area contributed by atoms with Crippen LogP contribution in [0, 0.1) is 5.92 Å². The number of rotatable bonds is 4. The standard InChI is InChI=1S/C15H22BrNO2/c1-11-5-4-6-17(9-11)10-12-7-13(16)15(19-3)8-14(12)18-2/h7-8,11H,4-6,9-10H2,1-3H3/t11-/m1/s1. The SMILES string of the molecule is COc1cc(OC)c(CN2CCC[C@@H](C)C2)cc1Br. The third-order valence-electron chi connectivity index (χ3n) is 3.69. The summed E-state index contributed by atoms with van der Waals surface area (Å²) < 4.78 is 11.8. The van der Waals surface area contributed by atoms with Crippen LogP contribution in [-0.2, 0) is 6.54 Å². The van der Waals surface area contributed by atoms with Crippen molar-refractivity contribution >= 4 is 15.9 Å². The average Bonchev–Trinajstić information content (AvgIpc) is 2.39. The van der Waals surface area contributed by atoms with Gasteiger partial charge in [0.05, 0.1) is 18.7 Å². The highest BCUT2D eigenvalue weighted by Gasteiger charge is 2.18. The Labute approximate surface area is 124 Å². The first-order chi connectivity index (χ1) is 9.13. The molecule has 19 heavy (non-hydrogen) atoms. The van der Waals surface area contributed by atoms with Crippen molar-refractivity contribution in [1.82, 2.24) is 4.90 Å². The summed E-state index contributed by atoms with van der Waals surface area (Å²) in [5.74, 6) is 2.51. The molecule has 0 saturated carbocycles. The van der Waals surface area contributed by atoms with E-state index >= 15 is 0 Å². The van der Waals surface area contributed by atoms with Gasteiger partial charge in [-0.2, -0.15) is 0 Å². The van der Waals surface area contributed by atoms with Gasteiger partial charge in [-0.3, -0.25) is 4.90 Å². The molecular formula is C15H22BrNO2. The Kier molecular flexibility index (Phi) is 5.11. The van der Waals surface area contributed by atoms with Crippen molar-refractivity contribution < 1.29 is 9.47 Å². The van der Waals surface area contributed by atoms with Gasteiger partial charge in [-0.15, -0.1) is 0 Å². The fourth-order valence-electron chi connectivity index (χ4n) is 2.72. The molecule has 3 nitrogen and oxygen atoms in total. The van der Waals surface area contributed by atoms with Crippen molar-refractivity contribution in [2.75, 3.05) is 27.3 Å². The molecule has 1 aliphatic rings. The highest BCUT2D eigenvalue weighted by Crippen LogP contribution is 2.34. The third-order valence-corrected chi connectivity index (χ3v) is 4.31. The Morgan fingerprint density at radius 1 is 1.26 bits per heavy atom. The largest absolute Gasteiger partial charge is 0.496 e. The minimum atomic E-state index is 0.793. The summed E-state index contributed by atoms with van der Waals surface area (Å²) in [5, 5.41) is 0. The molecule has 0 aromatic heterocycles. The topological polar surface area (TPSA) is 21.7 Å². The Bertz CT molecular complexity index is 436. The van der Waals surface area contributed by atoms with Crippen LogP contribution in [0.25, 0.3) is 0 Å². The predicted molar refractivity (Wildman–Crippen MR) is 80.9 cm³/mol. The molecule has 1 aromatic carbocycles. The van der Waals surface area contributed by atoms with Gasteiger partial charge in [0.1, 0.15) is 11.5 Å². The Morgan fingerprint density at radius 2 is 2.00 bits per heavy atom. The summed E-state index contributed by atoms with van der Waals surface area (Å²) in [6, 6.07) is 4.06. The normalized spacial score (nSPS) is 20.3. The molecule has 0 spiro atoms. The summed E-state index contributed by atoms with van der Waals surface area (Å²) in [6.45, 7) is 5.62. The second kappa shape index (κ2) is 6.62. The van der Waals surface area contributed by atoms with Crippen LogP contribution in [0.2, 0.25) is 0 Å². The van der Waals surface area contributed by atoms with E-state index in [9.17, 15) is 0 Å². The van der Waals surface area contributed by atoms with Gasteiger partial charge in [0.2, 0.25) is 0 Å². The van der Waals surface area contributed by atoms with Gasteiger partial charge in [0, 0.05) is 24.7 Å². The minimum absolute atomic E-state index is 0.793. The Morgan fingerprint density at radius 3 is 2.63 bits per heavy atom. The lowest BCUT2D eigenvalue weighted by Crippen LogP contribution is -2.33. The molecule has 1 aromatic rings. The van der Waals surface area contributed by atoms with E-state index in [1.165, 1.54) is 31.5 Å². The zero-order chi connectivity index (χ0) is 13.8. The van der Waals surface area contributed by atoms with Gasteiger partial charge in [-0.25, -0.2) is 0 Å². The number of piperidine rings is 1. The van der Waals surface area contributed by atoms with Crippen LogP contribution in [0.15, 0.2) is 16.6 Å². The zero-order valence-corrected chi connectivity index (χ0v) is 13.5. The lowest BCUT2D eigenvalue weighted by Gasteiger charge is -2.31. The molecule has 106 valence electrons. The lowest BCUT2D eigenvalue weighted by molar-refractivity contribution is 0.175. The molecule has 1 fully saturated rings. The number of benzene rings is 1. The molecule has 0 bridgehead atoms. The molecule has 1 atom stereocenters.